The van der Waals surface area contributed by atoms with Crippen LogP contribution in [0.5, 0.6) is 0 Å². The van der Waals surface area contributed by atoms with Crippen molar-refractivity contribution in [1.29, 1.82) is 0 Å². The van der Waals surface area contributed by atoms with Crippen molar-refractivity contribution in [2.75, 3.05) is 32.7 Å². The maximum absolute atomic E-state index is 13.7. The number of fused-ring (bicyclic) bond motifs is 1. The molecule has 1 fully saturated rings. The molecule has 5 rings (SSSR count). The Hall–Kier alpha value is -2.23. The minimum absolute atomic E-state index is 0.0340. The zero-order chi connectivity index (χ0) is 25.4. The lowest BCUT2D eigenvalue weighted by atomic mass is 9.89. The lowest BCUT2D eigenvalue weighted by molar-refractivity contribution is -0.138. The van der Waals surface area contributed by atoms with Crippen molar-refractivity contribution >= 4 is 38.9 Å². The van der Waals surface area contributed by atoms with E-state index in [9.17, 15) is 13.2 Å². The van der Waals surface area contributed by atoms with Gasteiger partial charge in [0.25, 0.3) is 0 Å². The Kier molecular flexibility index (Phi) is 7.25. The van der Waals surface area contributed by atoms with Gasteiger partial charge in [0.15, 0.2) is 0 Å². The number of benzene rings is 2. The predicted molar refractivity (Wildman–Crippen MR) is 144 cm³/mol. The Labute approximate surface area is 222 Å². The summed E-state index contributed by atoms with van der Waals surface area (Å²) in [5.41, 5.74) is 3.74. The molecule has 1 amide bonds. The van der Waals surface area contributed by atoms with Crippen LogP contribution in [0.1, 0.15) is 34.5 Å². The molecule has 0 radical (unpaired) electrons. The van der Waals surface area contributed by atoms with Crippen LogP contribution < -0.4 is 0 Å². The number of amides is 1. The molecule has 0 bridgehead atoms. The number of carbonyl (C=O) groups is 1. The van der Waals surface area contributed by atoms with Gasteiger partial charge in [-0.1, -0.05) is 35.9 Å². The standard InChI is InChI=1S/C27H30ClN3O3S2/c1-19-5-3-4-6-23(19)26-24-12-18-35-25(24)11-13-31(26)20(2)27(32)29-14-16-30(17-15-29)36(33,34)22-9-7-21(28)8-10-22/h3-10,12,18,20,26H,11,13-17H2,1-2H3/t20-,26+/m0/s1. The van der Waals surface area contributed by atoms with Crippen LogP contribution in [0, 0.1) is 6.92 Å². The number of carbonyl (C=O) groups excluding carboxylic acids is 1. The van der Waals surface area contributed by atoms with Gasteiger partial charge in [0.05, 0.1) is 17.0 Å². The molecule has 36 heavy (non-hydrogen) atoms. The van der Waals surface area contributed by atoms with Crippen LogP contribution >= 0.6 is 22.9 Å². The topological polar surface area (TPSA) is 60.9 Å². The van der Waals surface area contributed by atoms with E-state index in [2.05, 4.69) is 41.5 Å². The summed E-state index contributed by atoms with van der Waals surface area (Å²) in [6.07, 6.45) is 0.931. The van der Waals surface area contributed by atoms with E-state index in [4.69, 9.17) is 11.6 Å². The zero-order valence-corrected chi connectivity index (χ0v) is 22.8. The van der Waals surface area contributed by atoms with Gasteiger partial charge in [0, 0.05) is 42.6 Å². The fourth-order valence-electron chi connectivity index (χ4n) is 5.30. The van der Waals surface area contributed by atoms with Crippen LogP contribution in [0.4, 0.5) is 0 Å². The maximum atomic E-state index is 13.7. The highest BCUT2D eigenvalue weighted by Gasteiger charge is 2.38. The van der Waals surface area contributed by atoms with Crippen LogP contribution in [-0.2, 0) is 21.2 Å². The van der Waals surface area contributed by atoms with Gasteiger partial charge >= 0.3 is 0 Å². The number of piperazine rings is 1. The normalized spacial score (nSPS) is 20.2. The Balaban J connectivity index is 1.32. The second-order valence-electron chi connectivity index (χ2n) is 9.41. The van der Waals surface area contributed by atoms with Gasteiger partial charge in [-0.25, -0.2) is 8.42 Å². The molecule has 2 atom stereocenters. The van der Waals surface area contributed by atoms with E-state index in [1.807, 2.05) is 17.9 Å². The van der Waals surface area contributed by atoms with Crippen molar-refractivity contribution < 1.29 is 13.2 Å². The quantitative estimate of drug-likeness (QED) is 0.472. The zero-order valence-electron chi connectivity index (χ0n) is 20.4. The molecule has 6 nitrogen and oxygen atoms in total. The van der Waals surface area contributed by atoms with Crippen LogP contribution in [-0.4, -0.2) is 67.2 Å². The van der Waals surface area contributed by atoms with Crippen LogP contribution in [0.25, 0.3) is 0 Å². The highest BCUT2D eigenvalue weighted by atomic mass is 35.5. The molecule has 9 heteroatoms. The second kappa shape index (κ2) is 10.3. The first kappa shape index (κ1) is 25.4. The molecule has 0 spiro atoms. The summed E-state index contributed by atoms with van der Waals surface area (Å²) in [7, 11) is -3.62. The van der Waals surface area contributed by atoms with Gasteiger partial charge in [-0.3, -0.25) is 9.69 Å². The van der Waals surface area contributed by atoms with E-state index < -0.39 is 10.0 Å². The van der Waals surface area contributed by atoms with Gasteiger partial charge in [0.1, 0.15) is 0 Å². The molecule has 2 aromatic carbocycles. The Bertz CT molecular complexity index is 1350. The lowest BCUT2D eigenvalue weighted by Crippen LogP contribution is -2.56. The van der Waals surface area contributed by atoms with Gasteiger partial charge in [-0.2, -0.15) is 4.31 Å². The minimum Gasteiger partial charge on any atom is -0.339 e. The Morgan fingerprint density at radius 2 is 1.67 bits per heavy atom. The Morgan fingerprint density at radius 3 is 2.36 bits per heavy atom. The van der Waals surface area contributed by atoms with Gasteiger partial charge in [-0.15, -0.1) is 11.3 Å². The summed E-state index contributed by atoms with van der Waals surface area (Å²) in [4.78, 5) is 19.4. The van der Waals surface area contributed by atoms with E-state index in [1.54, 1.807) is 23.5 Å². The summed E-state index contributed by atoms with van der Waals surface area (Å²) in [6.45, 7) is 6.23. The van der Waals surface area contributed by atoms with Crippen LogP contribution in [0.2, 0.25) is 5.02 Å². The first-order valence-electron chi connectivity index (χ1n) is 12.2. The molecular weight excluding hydrogens is 514 g/mol. The molecule has 1 aromatic heterocycles. The number of hydrogen-bond acceptors (Lipinski definition) is 5. The van der Waals surface area contributed by atoms with Gasteiger partial charge in [-0.05, 0) is 72.7 Å². The third kappa shape index (κ3) is 4.73. The van der Waals surface area contributed by atoms with Crippen molar-refractivity contribution in [3.63, 3.8) is 0 Å². The van der Waals surface area contributed by atoms with Crippen molar-refractivity contribution in [2.45, 2.75) is 37.2 Å². The van der Waals surface area contributed by atoms with E-state index in [1.165, 1.54) is 38.0 Å². The number of sulfonamides is 1. The minimum atomic E-state index is -3.62. The number of rotatable bonds is 5. The monoisotopic (exact) mass is 543 g/mol. The molecule has 3 heterocycles. The molecule has 190 valence electrons. The molecule has 2 aliphatic heterocycles. The van der Waals surface area contributed by atoms with Crippen molar-refractivity contribution in [2.24, 2.45) is 0 Å². The molecular formula is C27H30ClN3O3S2. The highest BCUT2D eigenvalue weighted by Crippen LogP contribution is 2.40. The van der Waals surface area contributed by atoms with E-state index >= 15 is 0 Å². The summed E-state index contributed by atoms with van der Waals surface area (Å²) < 4.78 is 27.6. The Morgan fingerprint density at radius 1 is 0.972 bits per heavy atom. The maximum Gasteiger partial charge on any atom is 0.243 e. The van der Waals surface area contributed by atoms with Crippen LogP contribution in [0.3, 0.4) is 0 Å². The SMILES string of the molecule is Cc1ccccc1[C@@H]1c2ccsc2CCN1[C@@H](C)C(=O)N1CCN(S(=O)(=O)c2ccc(Cl)cc2)CC1. The number of thiophene rings is 1. The van der Waals surface area contributed by atoms with E-state index in [0.717, 1.165) is 13.0 Å². The molecule has 0 saturated carbocycles. The molecule has 3 aromatic rings. The largest absolute Gasteiger partial charge is 0.339 e. The molecule has 0 N–H and O–H groups in total. The summed E-state index contributed by atoms with van der Waals surface area (Å²) in [6, 6.07) is 16.5. The van der Waals surface area contributed by atoms with Crippen molar-refractivity contribution in [1.82, 2.24) is 14.1 Å². The average molecular weight is 544 g/mol. The second-order valence-corrected chi connectivity index (χ2v) is 12.8. The molecule has 0 aliphatic carbocycles. The summed E-state index contributed by atoms with van der Waals surface area (Å²) in [5.74, 6) is 0.0517. The summed E-state index contributed by atoms with van der Waals surface area (Å²) in [5, 5.41) is 2.64. The molecule has 2 aliphatic rings. The van der Waals surface area contributed by atoms with Gasteiger partial charge < -0.3 is 4.90 Å². The molecule has 1 saturated heterocycles. The number of hydrogen-bond donors (Lipinski definition) is 0. The first-order valence-corrected chi connectivity index (χ1v) is 14.9. The fourth-order valence-corrected chi connectivity index (χ4v) is 7.76. The number of halogens is 1. The number of aryl methyl sites for hydroxylation is 1. The highest BCUT2D eigenvalue weighted by molar-refractivity contribution is 7.89. The lowest BCUT2D eigenvalue weighted by Gasteiger charge is -2.42. The summed E-state index contributed by atoms with van der Waals surface area (Å²) >= 11 is 7.71. The van der Waals surface area contributed by atoms with Crippen LogP contribution in [0.15, 0.2) is 64.9 Å². The van der Waals surface area contributed by atoms with Crippen molar-refractivity contribution in [3.05, 3.63) is 86.6 Å². The van der Waals surface area contributed by atoms with Crippen molar-refractivity contribution in [3.8, 4) is 0 Å². The van der Waals surface area contributed by atoms with E-state index in [-0.39, 0.29) is 36.0 Å². The third-order valence-electron chi connectivity index (χ3n) is 7.34. The first-order chi connectivity index (χ1) is 17.3. The smallest absolute Gasteiger partial charge is 0.243 e. The van der Waals surface area contributed by atoms with E-state index in [0.29, 0.717) is 18.1 Å². The fraction of sp³-hybridized carbons (Fsp3) is 0.370. The molecule has 0 unspecified atom stereocenters. The predicted octanol–water partition coefficient (Wildman–Crippen LogP) is 4.58. The third-order valence-corrected chi connectivity index (χ3v) is 10.5. The van der Waals surface area contributed by atoms with Gasteiger partial charge in [0.2, 0.25) is 15.9 Å². The number of nitrogens with zero attached hydrogens (tertiary/aromatic N) is 3. The average Bonchev–Trinajstić information content (AvgIpc) is 3.37.